The lowest BCUT2D eigenvalue weighted by atomic mass is 9.95. The third-order valence-electron chi connectivity index (χ3n) is 5.23. The number of carboxylic acids is 1. The normalized spacial score (nSPS) is 14.6. The molecule has 3 rings (SSSR count). The molecule has 0 unspecified atom stereocenters. The second kappa shape index (κ2) is 8.25. The van der Waals surface area contributed by atoms with E-state index in [1.165, 1.54) is 6.07 Å². The molecule has 2 aromatic carbocycles. The van der Waals surface area contributed by atoms with Crippen LogP contribution in [0.15, 0.2) is 42.5 Å². The van der Waals surface area contributed by atoms with E-state index in [9.17, 15) is 19.5 Å². The largest absolute Gasteiger partial charge is 0.478 e. The standard InChI is InChI=1S/C22H24N2O4/c1-14-12-15(2)19(13-18(14)22(27)28)23-20(25)16-8-10-24(11-9-16)21(26)17-6-4-3-5-7-17/h3-7,12-13,16H,8-11H2,1-2H3,(H,23,25)(H,27,28). The number of carbonyl (C=O) groups excluding carboxylic acids is 2. The first kappa shape index (κ1) is 19.6. The maximum Gasteiger partial charge on any atom is 0.336 e. The Labute approximate surface area is 164 Å². The molecule has 0 aliphatic carbocycles. The summed E-state index contributed by atoms with van der Waals surface area (Å²) in [5.74, 6) is -1.36. The Morgan fingerprint density at radius 1 is 1.00 bits per heavy atom. The Bertz CT molecular complexity index is 900. The molecule has 2 amide bonds. The van der Waals surface area contributed by atoms with Crippen LogP contribution in [0.1, 0.15) is 44.7 Å². The second-order valence-corrected chi connectivity index (χ2v) is 7.21. The van der Waals surface area contributed by atoms with Crippen molar-refractivity contribution in [3.05, 3.63) is 64.7 Å². The summed E-state index contributed by atoms with van der Waals surface area (Å²) in [5.41, 5.74) is 2.85. The molecule has 2 aromatic rings. The van der Waals surface area contributed by atoms with Gasteiger partial charge in [0, 0.05) is 30.3 Å². The molecular weight excluding hydrogens is 356 g/mol. The van der Waals surface area contributed by atoms with E-state index < -0.39 is 5.97 Å². The van der Waals surface area contributed by atoms with Gasteiger partial charge in [0.1, 0.15) is 0 Å². The third kappa shape index (κ3) is 4.22. The van der Waals surface area contributed by atoms with Crippen molar-refractivity contribution in [3.8, 4) is 0 Å². The van der Waals surface area contributed by atoms with Crippen LogP contribution in [0.25, 0.3) is 0 Å². The minimum absolute atomic E-state index is 0.0139. The number of nitrogens with one attached hydrogen (secondary N) is 1. The summed E-state index contributed by atoms with van der Waals surface area (Å²) in [7, 11) is 0. The number of likely N-dealkylation sites (tertiary alicyclic amines) is 1. The highest BCUT2D eigenvalue weighted by Gasteiger charge is 2.28. The molecule has 2 N–H and O–H groups in total. The van der Waals surface area contributed by atoms with Crippen LogP contribution in [0.2, 0.25) is 0 Å². The van der Waals surface area contributed by atoms with Crippen molar-refractivity contribution < 1.29 is 19.5 Å². The maximum atomic E-state index is 12.7. The zero-order valence-corrected chi connectivity index (χ0v) is 16.1. The predicted octanol–water partition coefficient (Wildman–Crippen LogP) is 3.49. The summed E-state index contributed by atoms with van der Waals surface area (Å²) in [6, 6.07) is 12.4. The molecule has 1 heterocycles. The smallest absolute Gasteiger partial charge is 0.336 e. The number of hydrogen-bond donors (Lipinski definition) is 2. The number of aryl methyl sites for hydroxylation is 2. The van der Waals surface area contributed by atoms with Gasteiger partial charge < -0.3 is 15.3 Å². The van der Waals surface area contributed by atoms with Gasteiger partial charge in [0.25, 0.3) is 5.91 Å². The van der Waals surface area contributed by atoms with Gasteiger partial charge >= 0.3 is 5.97 Å². The Kier molecular flexibility index (Phi) is 5.78. The van der Waals surface area contributed by atoms with Gasteiger partial charge in [-0.25, -0.2) is 4.79 Å². The fourth-order valence-corrected chi connectivity index (χ4v) is 3.56. The first-order valence-electron chi connectivity index (χ1n) is 9.36. The van der Waals surface area contributed by atoms with Crippen LogP contribution in [-0.4, -0.2) is 40.9 Å². The van der Waals surface area contributed by atoms with Crippen LogP contribution < -0.4 is 5.32 Å². The number of piperidine rings is 1. The Morgan fingerprint density at radius 2 is 1.64 bits per heavy atom. The van der Waals surface area contributed by atoms with Crippen molar-refractivity contribution in [2.24, 2.45) is 5.92 Å². The molecule has 6 nitrogen and oxygen atoms in total. The lowest BCUT2D eigenvalue weighted by Gasteiger charge is -2.31. The fraction of sp³-hybridized carbons (Fsp3) is 0.318. The Hall–Kier alpha value is -3.15. The van der Waals surface area contributed by atoms with Gasteiger partial charge in [0.15, 0.2) is 0 Å². The summed E-state index contributed by atoms with van der Waals surface area (Å²) in [5, 5.41) is 12.2. The average molecular weight is 380 g/mol. The van der Waals surface area contributed by atoms with Gasteiger partial charge in [-0.1, -0.05) is 24.3 Å². The van der Waals surface area contributed by atoms with Gasteiger partial charge in [-0.05, 0) is 56.0 Å². The molecule has 0 spiro atoms. The van der Waals surface area contributed by atoms with Crippen molar-refractivity contribution in [2.75, 3.05) is 18.4 Å². The summed E-state index contributed by atoms with van der Waals surface area (Å²) in [6.07, 6.45) is 1.17. The zero-order chi connectivity index (χ0) is 20.3. The Balaban J connectivity index is 1.62. The quantitative estimate of drug-likeness (QED) is 0.850. The molecule has 146 valence electrons. The molecule has 0 bridgehead atoms. The molecule has 28 heavy (non-hydrogen) atoms. The molecule has 0 aromatic heterocycles. The van der Waals surface area contributed by atoms with E-state index in [0.717, 1.165) is 5.56 Å². The van der Waals surface area contributed by atoms with Crippen LogP contribution in [0.3, 0.4) is 0 Å². The summed E-state index contributed by atoms with van der Waals surface area (Å²) >= 11 is 0. The SMILES string of the molecule is Cc1cc(C)c(C(=O)O)cc1NC(=O)C1CCN(C(=O)c2ccccc2)CC1. The number of hydrogen-bond acceptors (Lipinski definition) is 3. The van der Waals surface area contributed by atoms with E-state index in [1.807, 2.05) is 25.1 Å². The lowest BCUT2D eigenvalue weighted by Crippen LogP contribution is -2.41. The van der Waals surface area contributed by atoms with Crippen LogP contribution in [0.4, 0.5) is 5.69 Å². The molecule has 0 radical (unpaired) electrons. The van der Waals surface area contributed by atoms with Crippen molar-refractivity contribution in [1.29, 1.82) is 0 Å². The van der Waals surface area contributed by atoms with Gasteiger partial charge in [-0.2, -0.15) is 0 Å². The number of anilines is 1. The fourth-order valence-electron chi connectivity index (χ4n) is 3.56. The summed E-state index contributed by atoms with van der Waals surface area (Å²) < 4.78 is 0. The second-order valence-electron chi connectivity index (χ2n) is 7.21. The van der Waals surface area contributed by atoms with Crippen LogP contribution in [0.5, 0.6) is 0 Å². The number of rotatable bonds is 4. The van der Waals surface area contributed by atoms with E-state index in [0.29, 0.717) is 42.7 Å². The van der Waals surface area contributed by atoms with Crippen molar-refractivity contribution in [3.63, 3.8) is 0 Å². The van der Waals surface area contributed by atoms with Crippen LogP contribution in [0, 0.1) is 19.8 Å². The van der Waals surface area contributed by atoms with Gasteiger partial charge in [-0.15, -0.1) is 0 Å². The number of carbonyl (C=O) groups is 3. The number of benzene rings is 2. The van der Waals surface area contributed by atoms with Crippen LogP contribution in [-0.2, 0) is 4.79 Å². The van der Waals surface area contributed by atoms with Gasteiger partial charge in [-0.3, -0.25) is 9.59 Å². The average Bonchev–Trinajstić information content (AvgIpc) is 2.70. The number of carboxylic acid groups (broad SMARTS) is 1. The molecule has 1 saturated heterocycles. The maximum absolute atomic E-state index is 12.7. The molecule has 6 heteroatoms. The lowest BCUT2D eigenvalue weighted by molar-refractivity contribution is -0.121. The predicted molar refractivity (Wildman–Crippen MR) is 107 cm³/mol. The first-order valence-corrected chi connectivity index (χ1v) is 9.36. The topological polar surface area (TPSA) is 86.7 Å². The van der Waals surface area contributed by atoms with E-state index in [4.69, 9.17) is 0 Å². The minimum Gasteiger partial charge on any atom is -0.478 e. The molecular formula is C22H24N2O4. The van der Waals surface area contributed by atoms with Crippen molar-refractivity contribution >= 4 is 23.5 Å². The zero-order valence-electron chi connectivity index (χ0n) is 16.1. The molecule has 0 atom stereocenters. The molecule has 1 fully saturated rings. The van der Waals surface area contributed by atoms with E-state index >= 15 is 0 Å². The van der Waals surface area contributed by atoms with E-state index in [-0.39, 0.29) is 23.3 Å². The number of aromatic carboxylic acids is 1. The monoisotopic (exact) mass is 380 g/mol. The van der Waals surface area contributed by atoms with Crippen molar-refractivity contribution in [2.45, 2.75) is 26.7 Å². The van der Waals surface area contributed by atoms with Crippen LogP contribution >= 0.6 is 0 Å². The molecule has 1 aliphatic rings. The number of amides is 2. The number of nitrogens with zero attached hydrogens (tertiary/aromatic N) is 1. The summed E-state index contributed by atoms with van der Waals surface area (Å²) in [4.78, 5) is 38.3. The first-order chi connectivity index (χ1) is 13.4. The van der Waals surface area contributed by atoms with E-state index in [1.54, 1.807) is 30.0 Å². The van der Waals surface area contributed by atoms with E-state index in [2.05, 4.69) is 5.32 Å². The Morgan fingerprint density at radius 3 is 2.25 bits per heavy atom. The molecule has 0 saturated carbocycles. The van der Waals surface area contributed by atoms with Gasteiger partial charge in [0.05, 0.1) is 5.56 Å². The molecule has 1 aliphatic heterocycles. The highest BCUT2D eigenvalue weighted by Crippen LogP contribution is 2.24. The third-order valence-corrected chi connectivity index (χ3v) is 5.23. The van der Waals surface area contributed by atoms with Gasteiger partial charge in [0.2, 0.25) is 5.91 Å². The summed E-state index contributed by atoms with van der Waals surface area (Å²) in [6.45, 7) is 4.63. The minimum atomic E-state index is -1.01. The highest BCUT2D eigenvalue weighted by atomic mass is 16.4. The highest BCUT2D eigenvalue weighted by molar-refractivity contribution is 5.97. The van der Waals surface area contributed by atoms with Crippen molar-refractivity contribution in [1.82, 2.24) is 4.90 Å².